The van der Waals surface area contributed by atoms with E-state index in [0.717, 1.165) is 12.2 Å². The summed E-state index contributed by atoms with van der Waals surface area (Å²) in [5.41, 5.74) is 3.98. The van der Waals surface area contributed by atoms with Gasteiger partial charge < -0.3 is 4.42 Å². The summed E-state index contributed by atoms with van der Waals surface area (Å²) in [7, 11) is 0. The molecule has 14 heavy (non-hydrogen) atoms. The second-order valence-corrected chi connectivity index (χ2v) is 3.69. The summed E-state index contributed by atoms with van der Waals surface area (Å²) in [4.78, 5) is 0. The topological polar surface area (TPSA) is 13.1 Å². The average molecular weight is 186 g/mol. The minimum absolute atomic E-state index is 0.889. The van der Waals surface area contributed by atoms with Crippen LogP contribution in [0.3, 0.4) is 0 Å². The molecule has 0 amide bonds. The minimum Gasteiger partial charge on any atom is -0.469 e. The van der Waals surface area contributed by atoms with Crippen molar-refractivity contribution in [1.29, 1.82) is 0 Å². The van der Waals surface area contributed by atoms with E-state index in [2.05, 4.69) is 32.0 Å². The summed E-state index contributed by atoms with van der Waals surface area (Å²) in [6, 6.07) is 10.5. The highest BCUT2D eigenvalue weighted by Gasteiger charge is 2.02. The quantitative estimate of drug-likeness (QED) is 0.699. The van der Waals surface area contributed by atoms with Gasteiger partial charge in [-0.2, -0.15) is 0 Å². The molecule has 0 radical (unpaired) electrons. The van der Waals surface area contributed by atoms with Crippen molar-refractivity contribution in [2.75, 3.05) is 0 Å². The zero-order chi connectivity index (χ0) is 9.97. The molecular weight excluding hydrogens is 172 g/mol. The number of benzene rings is 1. The largest absolute Gasteiger partial charge is 0.469 e. The lowest BCUT2D eigenvalue weighted by Gasteiger charge is -2.04. The Morgan fingerprint density at radius 1 is 1.14 bits per heavy atom. The van der Waals surface area contributed by atoms with Crippen LogP contribution < -0.4 is 0 Å². The Kier molecular flexibility index (Phi) is 2.40. The van der Waals surface area contributed by atoms with Crippen molar-refractivity contribution < 1.29 is 4.42 Å². The third kappa shape index (κ3) is 1.87. The maximum absolute atomic E-state index is 5.33. The molecule has 1 heteroatoms. The molecule has 0 fully saturated rings. The van der Waals surface area contributed by atoms with Crippen LogP contribution in [-0.2, 0) is 6.42 Å². The predicted octanol–water partition coefficient (Wildman–Crippen LogP) is 3.49. The number of aryl methyl sites for hydroxylation is 2. The Balaban J connectivity index is 2.28. The van der Waals surface area contributed by atoms with Gasteiger partial charge in [0.2, 0.25) is 0 Å². The van der Waals surface area contributed by atoms with Gasteiger partial charge in [0, 0.05) is 6.42 Å². The lowest BCUT2D eigenvalue weighted by atomic mass is 10.0. The molecule has 0 aliphatic rings. The third-order valence-corrected chi connectivity index (χ3v) is 2.45. The number of hydrogen-bond donors (Lipinski definition) is 0. The highest BCUT2D eigenvalue weighted by molar-refractivity contribution is 5.32. The summed E-state index contributed by atoms with van der Waals surface area (Å²) in [6.45, 7) is 4.25. The molecule has 1 aromatic carbocycles. The molecule has 72 valence electrons. The zero-order valence-corrected chi connectivity index (χ0v) is 8.58. The monoisotopic (exact) mass is 186 g/mol. The molecule has 1 heterocycles. The van der Waals surface area contributed by atoms with Crippen LogP contribution in [0.15, 0.2) is 41.0 Å². The van der Waals surface area contributed by atoms with Crippen LogP contribution in [0.5, 0.6) is 0 Å². The van der Waals surface area contributed by atoms with Crippen LogP contribution in [0.2, 0.25) is 0 Å². The van der Waals surface area contributed by atoms with Crippen molar-refractivity contribution in [1.82, 2.24) is 0 Å². The van der Waals surface area contributed by atoms with Gasteiger partial charge in [0.1, 0.15) is 5.76 Å². The summed E-state index contributed by atoms with van der Waals surface area (Å²) < 4.78 is 5.33. The number of hydrogen-bond acceptors (Lipinski definition) is 1. The summed E-state index contributed by atoms with van der Waals surface area (Å²) in [5, 5.41) is 0. The van der Waals surface area contributed by atoms with Gasteiger partial charge in [-0.05, 0) is 37.1 Å². The SMILES string of the molecule is Cc1ccc(C)c(Cc2ccco2)c1. The van der Waals surface area contributed by atoms with Gasteiger partial charge in [-0.15, -0.1) is 0 Å². The van der Waals surface area contributed by atoms with Gasteiger partial charge >= 0.3 is 0 Å². The zero-order valence-electron chi connectivity index (χ0n) is 8.58. The molecule has 0 aliphatic heterocycles. The Morgan fingerprint density at radius 3 is 2.71 bits per heavy atom. The normalized spacial score (nSPS) is 10.4. The van der Waals surface area contributed by atoms with E-state index in [9.17, 15) is 0 Å². The Morgan fingerprint density at radius 2 is 2.00 bits per heavy atom. The molecular formula is C13H14O. The molecule has 0 saturated carbocycles. The van der Waals surface area contributed by atoms with Crippen LogP contribution in [-0.4, -0.2) is 0 Å². The van der Waals surface area contributed by atoms with E-state index in [1.807, 2.05) is 12.1 Å². The Hall–Kier alpha value is -1.50. The Labute approximate surface area is 84.4 Å². The van der Waals surface area contributed by atoms with Gasteiger partial charge in [-0.25, -0.2) is 0 Å². The van der Waals surface area contributed by atoms with Crippen molar-refractivity contribution in [2.24, 2.45) is 0 Å². The average Bonchev–Trinajstić information content (AvgIpc) is 2.64. The fourth-order valence-electron chi connectivity index (χ4n) is 1.59. The highest BCUT2D eigenvalue weighted by atomic mass is 16.3. The lowest BCUT2D eigenvalue weighted by Crippen LogP contribution is -1.90. The van der Waals surface area contributed by atoms with Crippen LogP contribution in [0.25, 0.3) is 0 Å². The first kappa shape index (κ1) is 9.07. The second kappa shape index (κ2) is 3.70. The molecule has 0 unspecified atom stereocenters. The standard InChI is InChI=1S/C13H14O/c1-10-5-6-11(2)12(8-10)9-13-4-3-7-14-13/h3-8H,9H2,1-2H3. The summed E-state index contributed by atoms with van der Waals surface area (Å²) in [5.74, 6) is 1.03. The summed E-state index contributed by atoms with van der Waals surface area (Å²) >= 11 is 0. The van der Waals surface area contributed by atoms with Crippen LogP contribution in [0.4, 0.5) is 0 Å². The molecule has 0 saturated heterocycles. The van der Waals surface area contributed by atoms with Crippen molar-refractivity contribution in [3.8, 4) is 0 Å². The van der Waals surface area contributed by atoms with Crippen molar-refractivity contribution in [3.05, 3.63) is 59.0 Å². The van der Waals surface area contributed by atoms with E-state index in [1.54, 1.807) is 6.26 Å². The minimum atomic E-state index is 0.889. The number of rotatable bonds is 2. The fraction of sp³-hybridized carbons (Fsp3) is 0.231. The third-order valence-electron chi connectivity index (χ3n) is 2.45. The van der Waals surface area contributed by atoms with Crippen LogP contribution in [0, 0.1) is 13.8 Å². The van der Waals surface area contributed by atoms with Gasteiger partial charge in [-0.3, -0.25) is 0 Å². The summed E-state index contributed by atoms with van der Waals surface area (Å²) in [6.07, 6.45) is 2.61. The lowest BCUT2D eigenvalue weighted by molar-refractivity contribution is 0.520. The molecule has 0 N–H and O–H groups in total. The second-order valence-electron chi connectivity index (χ2n) is 3.69. The van der Waals surface area contributed by atoms with E-state index >= 15 is 0 Å². The molecule has 0 aliphatic carbocycles. The van der Waals surface area contributed by atoms with E-state index < -0.39 is 0 Å². The van der Waals surface area contributed by atoms with Gasteiger partial charge in [-0.1, -0.05) is 23.8 Å². The van der Waals surface area contributed by atoms with Gasteiger partial charge in [0.05, 0.1) is 6.26 Å². The van der Waals surface area contributed by atoms with Crippen molar-refractivity contribution >= 4 is 0 Å². The number of furan rings is 1. The molecule has 1 aromatic heterocycles. The van der Waals surface area contributed by atoms with E-state index in [1.165, 1.54) is 16.7 Å². The van der Waals surface area contributed by atoms with E-state index in [-0.39, 0.29) is 0 Å². The fourth-order valence-corrected chi connectivity index (χ4v) is 1.59. The van der Waals surface area contributed by atoms with Crippen LogP contribution >= 0.6 is 0 Å². The van der Waals surface area contributed by atoms with Crippen molar-refractivity contribution in [3.63, 3.8) is 0 Å². The molecule has 1 nitrogen and oxygen atoms in total. The van der Waals surface area contributed by atoms with Gasteiger partial charge in [0.25, 0.3) is 0 Å². The van der Waals surface area contributed by atoms with Crippen LogP contribution in [0.1, 0.15) is 22.5 Å². The first-order valence-corrected chi connectivity index (χ1v) is 4.84. The molecule has 2 rings (SSSR count). The maximum Gasteiger partial charge on any atom is 0.108 e. The Bertz CT molecular complexity index is 413. The first-order valence-electron chi connectivity index (χ1n) is 4.84. The molecule has 0 spiro atoms. The predicted molar refractivity (Wildman–Crippen MR) is 57.4 cm³/mol. The van der Waals surface area contributed by atoms with Gasteiger partial charge in [0.15, 0.2) is 0 Å². The van der Waals surface area contributed by atoms with E-state index in [0.29, 0.717) is 0 Å². The molecule has 0 bridgehead atoms. The van der Waals surface area contributed by atoms with Crippen molar-refractivity contribution in [2.45, 2.75) is 20.3 Å². The molecule has 2 aromatic rings. The maximum atomic E-state index is 5.33. The first-order chi connectivity index (χ1) is 6.75. The highest BCUT2D eigenvalue weighted by Crippen LogP contribution is 2.15. The molecule has 0 atom stereocenters. The smallest absolute Gasteiger partial charge is 0.108 e. The van der Waals surface area contributed by atoms with E-state index in [4.69, 9.17) is 4.42 Å².